The van der Waals surface area contributed by atoms with E-state index in [9.17, 15) is 4.79 Å². The molecule has 1 aromatic carbocycles. The van der Waals surface area contributed by atoms with Crippen molar-refractivity contribution in [2.75, 3.05) is 11.9 Å². The number of nitrogens with one attached hydrogen (secondary N) is 2. The van der Waals surface area contributed by atoms with Crippen LogP contribution in [0, 0.1) is 17.2 Å². The number of carbonyl (C=O) groups is 1. The molecule has 1 heterocycles. The molecule has 0 aromatic heterocycles. The quantitative estimate of drug-likeness (QED) is 0.871. The number of benzene rings is 1. The van der Waals surface area contributed by atoms with E-state index in [0.29, 0.717) is 12.5 Å². The lowest BCUT2D eigenvalue weighted by atomic mass is 9.92. The SMILES string of the molecule is CC1CC(C(=O)Nc2ccc(CC#N)cc2)CCN1. The first kappa shape index (κ1) is 13.6. The molecule has 0 aliphatic carbocycles. The van der Waals surface area contributed by atoms with E-state index >= 15 is 0 Å². The lowest BCUT2D eigenvalue weighted by molar-refractivity contribution is -0.120. The number of amides is 1. The smallest absolute Gasteiger partial charge is 0.227 e. The Balaban J connectivity index is 1.93. The molecule has 1 aliphatic rings. The number of hydrogen-bond acceptors (Lipinski definition) is 3. The third-order valence-electron chi connectivity index (χ3n) is 3.50. The zero-order chi connectivity index (χ0) is 13.7. The van der Waals surface area contributed by atoms with E-state index < -0.39 is 0 Å². The number of carbonyl (C=O) groups excluding carboxylic acids is 1. The van der Waals surface area contributed by atoms with Crippen LogP contribution in [0.5, 0.6) is 0 Å². The molecule has 0 spiro atoms. The minimum atomic E-state index is 0.0926. The van der Waals surface area contributed by atoms with Crippen molar-refractivity contribution < 1.29 is 4.79 Å². The van der Waals surface area contributed by atoms with Crippen LogP contribution in [-0.2, 0) is 11.2 Å². The summed E-state index contributed by atoms with van der Waals surface area (Å²) in [6, 6.07) is 9.98. The Morgan fingerprint density at radius 3 is 2.84 bits per heavy atom. The van der Waals surface area contributed by atoms with Gasteiger partial charge < -0.3 is 10.6 Å². The summed E-state index contributed by atoms with van der Waals surface area (Å²) in [4.78, 5) is 12.1. The van der Waals surface area contributed by atoms with Crippen LogP contribution in [0.2, 0.25) is 0 Å². The van der Waals surface area contributed by atoms with Crippen LogP contribution in [-0.4, -0.2) is 18.5 Å². The van der Waals surface area contributed by atoms with E-state index in [1.807, 2.05) is 24.3 Å². The van der Waals surface area contributed by atoms with Crippen LogP contribution in [0.1, 0.15) is 25.3 Å². The van der Waals surface area contributed by atoms with Gasteiger partial charge in [0.15, 0.2) is 0 Å². The molecule has 2 unspecified atom stereocenters. The fraction of sp³-hybridized carbons (Fsp3) is 0.467. The first-order chi connectivity index (χ1) is 9.19. The molecule has 1 saturated heterocycles. The lowest BCUT2D eigenvalue weighted by Gasteiger charge is -2.27. The molecule has 0 bridgehead atoms. The van der Waals surface area contributed by atoms with Crippen molar-refractivity contribution in [2.45, 2.75) is 32.2 Å². The Bertz CT molecular complexity index is 475. The summed E-state index contributed by atoms with van der Waals surface area (Å²) < 4.78 is 0. The van der Waals surface area contributed by atoms with Gasteiger partial charge in [-0.1, -0.05) is 12.1 Å². The Kier molecular flexibility index (Phi) is 4.53. The predicted molar refractivity (Wildman–Crippen MR) is 74.6 cm³/mol. The van der Waals surface area contributed by atoms with Crippen molar-refractivity contribution in [3.8, 4) is 6.07 Å². The van der Waals surface area contributed by atoms with Gasteiger partial charge in [0.1, 0.15) is 0 Å². The average Bonchev–Trinajstić information content (AvgIpc) is 2.41. The van der Waals surface area contributed by atoms with Crippen molar-refractivity contribution in [3.05, 3.63) is 29.8 Å². The fourth-order valence-corrected chi connectivity index (χ4v) is 2.41. The second-order valence-electron chi connectivity index (χ2n) is 5.10. The first-order valence-electron chi connectivity index (χ1n) is 6.69. The number of anilines is 1. The maximum Gasteiger partial charge on any atom is 0.227 e. The number of piperidine rings is 1. The molecule has 4 heteroatoms. The lowest BCUT2D eigenvalue weighted by Crippen LogP contribution is -2.40. The topological polar surface area (TPSA) is 64.9 Å². The monoisotopic (exact) mass is 257 g/mol. The first-order valence-corrected chi connectivity index (χ1v) is 6.69. The average molecular weight is 257 g/mol. The van der Waals surface area contributed by atoms with Crippen molar-refractivity contribution in [3.63, 3.8) is 0 Å². The summed E-state index contributed by atoms with van der Waals surface area (Å²) in [5.74, 6) is 0.191. The van der Waals surface area contributed by atoms with Crippen molar-refractivity contribution in [1.82, 2.24) is 5.32 Å². The molecule has 100 valence electrons. The minimum Gasteiger partial charge on any atom is -0.326 e. The van der Waals surface area contributed by atoms with Gasteiger partial charge >= 0.3 is 0 Å². The third-order valence-corrected chi connectivity index (χ3v) is 3.50. The summed E-state index contributed by atoms with van der Waals surface area (Å²) in [6.45, 7) is 3.01. The van der Waals surface area contributed by atoms with Gasteiger partial charge in [-0.2, -0.15) is 5.26 Å². The van der Waals surface area contributed by atoms with Crippen LogP contribution >= 0.6 is 0 Å². The van der Waals surface area contributed by atoms with Gasteiger partial charge in [-0.3, -0.25) is 4.79 Å². The van der Waals surface area contributed by atoms with Gasteiger partial charge in [0.05, 0.1) is 12.5 Å². The summed E-state index contributed by atoms with van der Waals surface area (Å²) in [5, 5.41) is 14.9. The van der Waals surface area contributed by atoms with Gasteiger partial charge in [-0.15, -0.1) is 0 Å². The highest BCUT2D eigenvalue weighted by molar-refractivity contribution is 5.92. The van der Waals surface area contributed by atoms with E-state index in [1.54, 1.807) is 0 Å². The fourth-order valence-electron chi connectivity index (χ4n) is 2.41. The van der Waals surface area contributed by atoms with Crippen LogP contribution in [0.4, 0.5) is 5.69 Å². The summed E-state index contributed by atoms with van der Waals surface area (Å²) in [7, 11) is 0. The Labute approximate surface area is 113 Å². The van der Waals surface area contributed by atoms with Gasteiger partial charge in [0.2, 0.25) is 5.91 Å². The second-order valence-corrected chi connectivity index (χ2v) is 5.10. The molecule has 19 heavy (non-hydrogen) atoms. The maximum atomic E-state index is 12.1. The molecule has 1 fully saturated rings. The molecule has 4 nitrogen and oxygen atoms in total. The van der Waals surface area contributed by atoms with Crippen LogP contribution < -0.4 is 10.6 Å². The summed E-state index contributed by atoms with van der Waals surface area (Å²) in [6.07, 6.45) is 2.18. The standard InChI is InChI=1S/C15H19N3O/c1-11-10-13(7-9-17-11)15(19)18-14-4-2-12(3-5-14)6-8-16/h2-5,11,13,17H,6-7,9-10H2,1H3,(H,18,19). The second kappa shape index (κ2) is 6.35. The van der Waals surface area contributed by atoms with E-state index in [1.165, 1.54) is 0 Å². The van der Waals surface area contributed by atoms with Gasteiger partial charge in [0.25, 0.3) is 0 Å². The van der Waals surface area contributed by atoms with Gasteiger partial charge in [-0.05, 0) is 44.0 Å². The van der Waals surface area contributed by atoms with E-state index in [-0.39, 0.29) is 11.8 Å². The summed E-state index contributed by atoms with van der Waals surface area (Å²) >= 11 is 0. The normalized spacial score (nSPS) is 22.5. The number of hydrogen-bond donors (Lipinski definition) is 2. The zero-order valence-corrected chi connectivity index (χ0v) is 11.1. The Morgan fingerprint density at radius 1 is 1.47 bits per heavy atom. The van der Waals surface area contributed by atoms with E-state index in [0.717, 1.165) is 30.6 Å². The molecule has 2 N–H and O–H groups in total. The van der Waals surface area contributed by atoms with Crippen molar-refractivity contribution in [2.24, 2.45) is 5.92 Å². The van der Waals surface area contributed by atoms with Crippen molar-refractivity contribution in [1.29, 1.82) is 5.26 Å². The third kappa shape index (κ3) is 3.80. The van der Waals surface area contributed by atoms with Crippen LogP contribution in [0.3, 0.4) is 0 Å². The predicted octanol–water partition coefficient (Wildman–Crippen LogP) is 2.08. The summed E-state index contributed by atoms with van der Waals surface area (Å²) in [5.41, 5.74) is 1.77. The molecular weight excluding hydrogens is 238 g/mol. The molecule has 2 atom stereocenters. The molecule has 0 saturated carbocycles. The van der Waals surface area contributed by atoms with Crippen molar-refractivity contribution >= 4 is 11.6 Å². The molecule has 1 aliphatic heterocycles. The Hall–Kier alpha value is -1.86. The zero-order valence-electron chi connectivity index (χ0n) is 11.1. The largest absolute Gasteiger partial charge is 0.326 e. The highest BCUT2D eigenvalue weighted by atomic mass is 16.1. The van der Waals surface area contributed by atoms with Crippen LogP contribution in [0.15, 0.2) is 24.3 Å². The molecule has 1 amide bonds. The molecule has 0 radical (unpaired) electrons. The minimum absolute atomic E-state index is 0.0926. The van der Waals surface area contributed by atoms with Crippen LogP contribution in [0.25, 0.3) is 0 Å². The molecule has 2 rings (SSSR count). The maximum absolute atomic E-state index is 12.1. The molecule has 1 aromatic rings. The molecular formula is C15H19N3O. The number of rotatable bonds is 3. The Morgan fingerprint density at radius 2 is 2.21 bits per heavy atom. The van der Waals surface area contributed by atoms with E-state index in [4.69, 9.17) is 5.26 Å². The highest BCUT2D eigenvalue weighted by Crippen LogP contribution is 2.19. The van der Waals surface area contributed by atoms with E-state index in [2.05, 4.69) is 23.6 Å². The highest BCUT2D eigenvalue weighted by Gasteiger charge is 2.24. The number of nitriles is 1. The van der Waals surface area contributed by atoms with Gasteiger partial charge in [0, 0.05) is 17.6 Å². The number of nitrogens with zero attached hydrogens (tertiary/aromatic N) is 1. The van der Waals surface area contributed by atoms with Gasteiger partial charge in [-0.25, -0.2) is 0 Å².